The number of carboxylic acids is 1. The van der Waals surface area contributed by atoms with Crippen LogP contribution in [-0.4, -0.2) is 11.4 Å². The van der Waals surface area contributed by atoms with E-state index in [1.54, 1.807) is 18.2 Å². The van der Waals surface area contributed by atoms with Gasteiger partial charge in [-0.1, -0.05) is 30.3 Å². The molecular formula is C7H7NaO3. The van der Waals surface area contributed by atoms with E-state index in [0.29, 0.717) is 0 Å². The van der Waals surface area contributed by atoms with Gasteiger partial charge in [0, 0.05) is 0 Å². The molecule has 1 aromatic rings. The Morgan fingerprint density at radius 1 is 1.18 bits per heavy atom. The van der Waals surface area contributed by atoms with Gasteiger partial charge in [0.15, 0.2) is 0 Å². The molecule has 0 fully saturated rings. The maximum Gasteiger partial charge on any atom is 1.00 e. The first kappa shape index (κ1) is 13.3. The first-order valence-electron chi connectivity index (χ1n) is 2.57. The van der Waals surface area contributed by atoms with Gasteiger partial charge in [-0.3, -0.25) is 0 Å². The third kappa shape index (κ3) is 4.16. The van der Waals surface area contributed by atoms with Crippen LogP contribution in [0, 0.1) is 0 Å². The standard InChI is InChI=1S/C7H6O2.Na.H2O/c8-7(9)6-4-2-1-3-5-6;;/h1-5H,(H,8,9);;1H2/q;+1;/p-1. The zero-order valence-electron chi connectivity index (χ0n) is 6.20. The minimum absolute atomic E-state index is 0. The van der Waals surface area contributed by atoms with Crippen molar-refractivity contribution in [3.8, 4) is 0 Å². The zero-order valence-corrected chi connectivity index (χ0v) is 8.20. The summed E-state index contributed by atoms with van der Waals surface area (Å²) in [6, 6.07) is 8.06. The fourth-order valence-electron chi connectivity index (χ4n) is 0.574. The molecule has 0 unspecified atom stereocenters. The van der Waals surface area contributed by atoms with Crippen LogP contribution in [0.15, 0.2) is 30.3 Å². The Morgan fingerprint density at radius 3 is 1.91 bits per heavy atom. The molecule has 0 saturated heterocycles. The predicted octanol–water partition coefficient (Wildman–Crippen LogP) is -3.77. The van der Waals surface area contributed by atoms with Crippen LogP contribution in [0.3, 0.4) is 0 Å². The molecule has 1 aromatic carbocycles. The van der Waals surface area contributed by atoms with Gasteiger partial charge in [-0.05, 0) is 5.56 Å². The molecule has 0 heterocycles. The van der Waals surface area contributed by atoms with Gasteiger partial charge in [0.1, 0.15) is 0 Å². The second-order valence-corrected chi connectivity index (χ2v) is 1.65. The third-order valence-corrected chi connectivity index (χ3v) is 1.01. The Kier molecular flexibility index (Phi) is 7.67. The summed E-state index contributed by atoms with van der Waals surface area (Å²) in [5.74, 6) is -1.13. The van der Waals surface area contributed by atoms with Crippen LogP contribution in [0.2, 0.25) is 0 Å². The van der Waals surface area contributed by atoms with Gasteiger partial charge >= 0.3 is 29.6 Å². The average molecular weight is 162 g/mol. The molecule has 0 radical (unpaired) electrons. The van der Waals surface area contributed by atoms with Crippen LogP contribution in [-0.2, 0) is 0 Å². The Morgan fingerprint density at radius 2 is 1.64 bits per heavy atom. The van der Waals surface area contributed by atoms with Gasteiger partial charge in [0.2, 0.25) is 0 Å². The van der Waals surface area contributed by atoms with E-state index in [-0.39, 0.29) is 40.6 Å². The molecule has 0 atom stereocenters. The quantitative estimate of drug-likeness (QED) is 0.398. The summed E-state index contributed by atoms with van der Waals surface area (Å²) in [4.78, 5) is 10.1. The van der Waals surface area contributed by atoms with Gasteiger partial charge in [0.05, 0.1) is 5.97 Å². The molecule has 0 spiro atoms. The maximum atomic E-state index is 10.1. The molecule has 11 heavy (non-hydrogen) atoms. The van der Waals surface area contributed by atoms with E-state index in [9.17, 15) is 9.90 Å². The van der Waals surface area contributed by atoms with Gasteiger partial charge in [-0.15, -0.1) is 0 Å². The third-order valence-electron chi connectivity index (χ3n) is 1.01. The van der Waals surface area contributed by atoms with E-state index in [0.717, 1.165) is 0 Å². The van der Waals surface area contributed by atoms with Gasteiger partial charge < -0.3 is 15.4 Å². The zero-order chi connectivity index (χ0) is 6.69. The van der Waals surface area contributed by atoms with Crippen LogP contribution >= 0.6 is 0 Å². The molecule has 0 aromatic heterocycles. The summed E-state index contributed by atoms with van der Waals surface area (Å²) < 4.78 is 0. The second-order valence-electron chi connectivity index (χ2n) is 1.65. The van der Waals surface area contributed by atoms with Crippen molar-refractivity contribution in [2.75, 3.05) is 0 Å². The normalized spacial score (nSPS) is 7.27. The molecule has 4 heteroatoms. The summed E-state index contributed by atoms with van der Waals surface area (Å²) in [6.07, 6.45) is 0. The number of hydrogen-bond acceptors (Lipinski definition) is 2. The van der Waals surface area contributed by atoms with E-state index in [4.69, 9.17) is 0 Å². The molecule has 0 aliphatic heterocycles. The first-order chi connectivity index (χ1) is 4.30. The van der Waals surface area contributed by atoms with Crippen LogP contribution in [0.25, 0.3) is 0 Å². The van der Waals surface area contributed by atoms with Crippen molar-refractivity contribution in [2.24, 2.45) is 0 Å². The Balaban J connectivity index is 0. The largest absolute Gasteiger partial charge is 1.00 e. The van der Waals surface area contributed by atoms with Crippen molar-refractivity contribution in [1.29, 1.82) is 0 Å². The monoisotopic (exact) mass is 162 g/mol. The number of aromatic carboxylic acids is 1. The molecule has 0 aliphatic carbocycles. The molecule has 2 N–H and O–H groups in total. The molecule has 0 aliphatic rings. The van der Waals surface area contributed by atoms with Gasteiger partial charge in [-0.25, -0.2) is 0 Å². The first-order valence-corrected chi connectivity index (χ1v) is 2.57. The van der Waals surface area contributed by atoms with E-state index in [1.165, 1.54) is 12.1 Å². The van der Waals surface area contributed by atoms with Crippen LogP contribution in [0.1, 0.15) is 10.4 Å². The smallest absolute Gasteiger partial charge is 0.545 e. The second kappa shape index (κ2) is 6.37. The molecule has 1 rings (SSSR count). The fraction of sp³-hybridized carbons (Fsp3) is 0. The SMILES string of the molecule is O.O=C([O-])c1ccccc1.[Na+]. The maximum absolute atomic E-state index is 10.1. The van der Waals surface area contributed by atoms with Crippen LogP contribution < -0.4 is 34.7 Å². The van der Waals surface area contributed by atoms with Gasteiger partial charge in [0.25, 0.3) is 0 Å². The van der Waals surface area contributed by atoms with Crippen molar-refractivity contribution in [2.45, 2.75) is 0 Å². The summed E-state index contributed by atoms with van der Waals surface area (Å²) >= 11 is 0. The summed E-state index contributed by atoms with van der Waals surface area (Å²) in [7, 11) is 0. The van der Waals surface area contributed by atoms with Crippen molar-refractivity contribution in [3.63, 3.8) is 0 Å². The average Bonchev–Trinajstić information content (AvgIpc) is 1.90. The van der Waals surface area contributed by atoms with Crippen molar-refractivity contribution < 1.29 is 44.9 Å². The number of benzene rings is 1. The van der Waals surface area contributed by atoms with E-state index >= 15 is 0 Å². The van der Waals surface area contributed by atoms with Crippen molar-refractivity contribution >= 4 is 5.97 Å². The summed E-state index contributed by atoms with van der Waals surface area (Å²) in [6.45, 7) is 0. The minimum atomic E-state index is -1.13. The topological polar surface area (TPSA) is 71.6 Å². The summed E-state index contributed by atoms with van der Waals surface area (Å²) in [5, 5.41) is 10.1. The molecule has 0 amide bonds. The van der Waals surface area contributed by atoms with E-state index in [2.05, 4.69) is 0 Å². The number of carboxylic acid groups (broad SMARTS) is 1. The van der Waals surface area contributed by atoms with E-state index in [1.807, 2.05) is 0 Å². The fourth-order valence-corrected chi connectivity index (χ4v) is 0.574. The van der Waals surface area contributed by atoms with Crippen LogP contribution in [0.4, 0.5) is 0 Å². The molecule has 0 saturated carbocycles. The Hall–Kier alpha value is -0.350. The molecule has 0 bridgehead atoms. The van der Waals surface area contributed by atoms with Crippen molar-refractivity contribution in [1.82, 2.24) is 0 Å². The Bertz CT molecular complexity index is 210. The van der Waals surface area contributed by atoms with Crippen LogP contribution in [0.5, 0.6) is 0 Å². The van der Waals surface area contributed by atoms with Gasteiger partial charge in [-0.2, -0.15) is 0 Å². The Labute approximate surface area is 86.6 Å². The molecule has 3 nitrogen and oxygen atoms in total. The number of hydrogen-bond donors (Lipinski definition) is 0. The predicted molar refractivity (Wildman–Crippen MR) is 34.4 cm³/mol. The van der Waals surface area contributed by atoms with Crippen molar-refractivity contribution in [3.05, 3.63) is 35.9 Å². The number of carbonyl (C=O) groups is 1. The molecular weight excluding hydrogens is 155 g/mol. The number of rotatable bonds is 1. The van der Waals surface area contributed by atoms with E-state index < -0.39 is 5.97 Å². The molecule has 54 valence electrons. The summed E-state index contributed by atoms with van der Waals surface area (Å²) in [5.41, 5.74) is 0.220. The number of carbonyl (C=O) groups excluding carboxylic acids is 1. The minimum Gasteiger partial charge on any atom is -0.545 e.